The summed E-state index contributed by atoms with van der Waals surface area (Å²) < 4.78 is 11.1. The van der Waals surface area contributed by atoms with Gasteiger partial charge in [-0.3, -0.25) is 25.2 Å². The summed E-state index contributed by atoms with van der Waals surface area (Å²) in [5, 5.41) is 2.51. The molecule has 0 saturated carbocycles. The van der Waals surface area contributed by atoms with Crippen molar-refractivity contribution in [2.45, 2.75) is 39.5 Å². The quantitative estimate of drug-likeness (QED) is 0.346. The lowest BCUT2D eigenvalue weighted by atomic mass is 10.2. The van der Waals surface area contributed by atoms with Crippen molar-refractivity contribution in [3.8, 4) is 11.5 Å². The van der Waals surface area contributed by atoms with Gasteiger partial charge in [0.1, 0.15) is 11.5 Å². The number of unbranched alkanes of at least 4 members (excludes halogenated alkanes) is 2. The van der Waals surface area contributed by atoms with E-state index in [4.69, 9.17) is 9.47 Å². The van der Waals surface area contributed by atoms with Crippen LogP contribution in [0.5, 0.6) is 11.5 Å². The molecule has 8 nitrogen and oxygen atoms in total. The highest BCUT2D eigenvalue weighted by Crippen LogP contribution is 2.13. The zero-order valence-electron chi connectivity index (χ0n) is 18.6. The van der Waals surface area contributed by atoms with Gasteiger partial charge in [0.2, 0.25) is 0 Å². The Labute approximate surface area is 188 Å². The molecule has 0 heterocycles. The summed E-state index contributed by atoms with van der Waals surface area (Å²) in [5.41, 5.74) is 5.38. The number of carbonyl (C=O) groups excluding carboxylic acids is 3. The maximum Gasteiger partial charge on any atom is 0.269 e. The fraction of sp³-hybridized carbons (Fsp3) is 0.375. The first-order valence-electron chi connectivity index (χ1n) is 10.9. The van der Waals surface area contributed by atoms with Crippen LogP contribution in [-0.4, -0.2) is 37.5 Å². The third-order valence-electron chi connectivity index (χ3n) is 4.49. The first-order chi connectivity index (χ1) is 15.5. The fourth-order valence-corrected chi connectivity index (χ4v) is 2.58. The molecule has 0 unspecified atom stereocenters. The molecule has 2 aromatic carbocycles. The summed E-state index contributed by atoms with van der Waals surface area (Å²) in [6, 6.07) is 13.3. The van der Waals surface area contributed by atoms with Crippen molar-refractivity contribution < 1.29 is 23.9 Å². The third-order valence-corrected chi connectivity index (χ3v) is 4.49. The van der Waals surface area contributed by atoms with Gasteiger partial charge in [0.05, 0.1) is 19.8 Å². The van der Waals surface area contributed by atoms with Crippen LogP contribution in [0.25, 0.3) is 0 Å². The number of hydrogen-bond acceptors (Lipinski definition) is 5. The van der Waals surface area contributed by atoms with E-state index in [0.29, 0.717) is 35.8 Å². The fourth-order valence-electron chi connectivity index (χ4n) is 2.58. The van der Waals surface area contributed by atoms with E-state index in [9.17, 15) is 14.4 Å². The van der Waals surface area contributed by atoms with E-state index in [1.165, 1.54) is 0 Å². The standard InChI is InChI=1S/C24H31N3O5/c1-3-5-15-31-20-11-7-18(8-12-20)23(29)25-17-22(28)26-27-24(30)19-9-13-21(14-10-19)32-16-6-4-2/h7-14H,3-6,15-17H2,1-2H3,(H,25,29)(H,26,28)(H,27,30). The van der Waals surface area contributed by atoms with Crippen LogP contribution in [0.2, 0.25) is 0 Å². The van der Waals surface area contributed by atoms with E-state index in [2.05, 4.69) is 30.0 Å². The Kier molecular flexibility index (Phi) is 10.6. The smallest absolute Gasteiger partial charge is 0.269 e. The van der Waals surface area contributed by atoms with Crippen molar-refractivity contribution in [3.05, 3.63) is 59.7 Å². The van der Waals surface area contributed by atoms with Crippen LogP contribution >= 0.6 is 0 Å². The van der Waals surface area contributed by atoms with Gasteiger partial charge in [-0.05, 0) is 61.4 Å². The number of ether oxygens (including phenoxy) is 2. The van der Waals surface area contributed by atoms with Crippen LogP contribution < -0.4 is 25.6 Å². The van der Waals surface area contributed by atoms with Crippen LogP contribution in [0.1, 0.15) is 60.2 Å². The molecule has 0 aliphatic carbocycles. The molecule has 0 aliphatic heterocycles. The molecule has 0 spiro atoms. The van der Waals surface area contributed by atoms with Crippen LogP contribution in [0, 0.1) is 0 Å². The summed E-state index contributed by atoms with van der Waals surface area (Å²) in [5.74, 6) is -0.0438. The van der Waals surface area contributed by atoms with Crippen molar-refractivity contribution in [3.63, 3.8) is 0 Å². The first-order valence-corrected chi connectivity index (χ1v) is 10.9. The minimum Gasteiger partial charge on any atom is -0.494 e. The van der Waals surface area contributed by atoms with E-state index >= 15 is 0 Å². The lowest BCUT2D eigenvalue weighted by molar-refractivity contribution is -0.120. The van der Waals surface area contributed by atoms with Crippen LogP contribution in [0.15, 0.2) is 48.5 Å². The summed E-state index contributed by atoms with van der Waals surface area (Å²) in [6.07, 6.45) is 4.01. The Morgan fingerprint density at radius 1 is 0.688 bits per heavy atom. The van der Waals surface area contributed by atoms with Gasteiger partial charge >= 0.3 is 0 Å². The second kappa shape index (κ2) is 13.7. The molecule has 0 saturated heterocycles. The molecule has 172 valence electrons. The molecule has 3 amide bonds. The SMILES string of the molecule is CCCCOc1ccc(C(=O)NCC(=O)NNC(=O)c2ccc(OCCCC)cc2)cc1. The maximum atomic E-state index is 12.2. The maximum absolute atomic E-state index is 12.2. The number of benzene rings is 2. The summed E-state index contributed by atoms with van der Waals surface area (Å²) >= 11 is 0. The molecular formula is C24H31N3O5. The summed E-state index contributed by atoms with van der Waals surface area (Å²) in [4.78, 5) is 36.3. The van der Waals surface area contributed by atoms with Crippen molar-refractivity contribution in [2.24, 2.45) is 0 Å². The predicted molar refractivity (Wildman–Crippen MR) is 122 cm³/mol. The van der Waals surface area contributed by atoms with Gasteiger partial charge < -0.3 is 14.8 Å². The molecule has 0 bridgehead atoms. The second-order valence-electron chi connectivity index (χ2n) is 7.14. The average molecular weight is 442 g/mol. The van der Waals surface area contributed by atoms with E-state index in [0.717, 1.165) is 25.7 Å². The van der Waals surface area contributed by atoms with Gasteiger partial charge in [-0.1, -0.05) is 26.7 Å². The largest absolute Gasteiger partial charge is 0.494 e. The second-order valence-corrected chi connectivity index (χ2v) is 7.14. The Balaban J connectivity index is 1.71. The van der Waals surface area contributed by atoms with Crippen molar-refractivity contribution in [2.75, 3.05) is 19.8 Å². The minimum absolute atomic E-state index is 0.280. The molecule has 3 N–H and O–H groups in total. The van der Waals surface area contributed by atoms with Crippen LogP contribution in [0.4, 0.5) is 0 Å². The lowest BCUT2D eigenvalue weighted by Crippen LogP contribution is -2.46. The molecule has 0 atom stereocenters. The van der Waals surface area contributed by atoms with Gasteiger partial charge in [-0.25, -0.2) is 0 Å². The molecule has 0 aliphatic rings. The third kappa shape index (κ3) is 8.67. The summed E-state index contributed by atoms with van der Waals surface area (Å²) in [7, 11) is 0. The van der Waals surface area contributed by atoms with E-state index < -0.39 is 17.7 Å². The molecule has 0 radical (unpaired) electrons. The van der Waals surface area contributed by atoms with Gasteiger partial charge in [-0.2, -0.15) is 0 Å². The molecule has 0 aromatic heterocycles. The summed E-state index contributed by atoms with van der Waals surface area (Å²) in [6.45, 7) is 5.14. The highest BCUT2D eigenvalue weighted by molar-refractivity contribution is 5.98. The average Bonchev–Trinajstić information content (AvgIpc) is 2.82. The molecule has 2 aromatic rings. The van der Waals surface area contributed by atoms with E-state index in [-0.39, 0.29) is 6.54 Å². The Morgan fingerprint density at radius 3 is 1.62 bits per heavy atom. The first kappa shape index (κ1) is 24.7. The normalized spacial score (nSPS) is 10.2. The molecule has 8 heteroatoms. The number of carbonyl (C=O) groups is 3. The minimum atomic E-state index is -0.550. The number of hydrazine groups is 1. The zero-order chi connectivity index (χ0) is 23.2. The molecule has 0 fully saturated rings. The Bertz CT molecular complexity index is 795. The van der Waals surface area contributed by atoms with Gasteiger partial charge in [0.25, 0.3) is 17.7 Å². The topological polar surface area (TPSA) is 106 Å². The molecule has 2 rings (SSSR count). The molecule has 32 heavy (non-hydrogen) atoms. The van der Waals surface area contributed by atoms with Crippen molar-refractivity contribution >= 4 is 17.7 Å². The highest BCUT2D eigenvalue weighted by Gasteiger charge is 2.10. The lowest BCUT2D eigenvalue weighted by Gasteiger charge is -2.10. The Morgan fingerprint density at radius 2 is 1.16 bits per heavy atom. The number of amides is 3. The van der Waals surface area contributed by atoms with E-state index in [1.54, 1.807) is 48.5 Å². The Hall–Kier alpha value is -3.55. The number of rotatable bonds is 12. The van der Waals surface area contributed by atoms with Crippen molar-refractivity contribution in [1.29, 1.82) is 0 Å². The van der Waals surface area contributed by atoms with Crippen molar-refractivity contribution in [1.82, 2.24) is 16.2 Å². The van der Waals surface area contributed by atoms with E-state index in [1.807, 2.05) is 0 Å². The monoisotopic (exact) mass is 441 g/mol. The van der Waals surface area contributed by atoms with Gasteiger partial charge in [-0.15, -0.1) is 0 Å². The highest BCUT2D eigenvalue weighted by atomic mass is 16.5. The number of nitrogens with one attached hydrogen (secondary N) is 3. The van der Waals surface area contributed by atoms with Gasteiger partial charge in [0.15, 0.2) is 0 Å². The predicted octanol–water partition coefficient (Wildman–Crippen LogP) is 3.24. The molecular weight excluding hydrogens is 410 g/mol. The zero-order valence-corrected chi connectivity index (χ0v) is 18.6. The van der Waals surface area contributed by atoms with Gasteiger partial charge in [0, 0.05) is 11.1 Å². The van der Waals surface area contributed by atoms with Crippen LogP contribution in [-0.2, 0) is 4.79 Å². The number of hydrogen-bond donors (Lipinski definition) is 3. The van der Waals surface area contributed by atoms with Crippen LogP contribution in [0.3, 0.4) is 0 Å².